The first-order chi connectivity index (χ1) is 8.76. The minimum atomic E-state index is -3.77. The molecule has 7 nitrogen and oxygen atoms in total. The molecular formula is C11H20N4O3S. The Morgan fingerprint density at radius 2 is 2.11 bits per heavy atom. The molecule has 0 fully saturated rings. The van der Waals surface area contributed by atoms with E-state index in [0.29, 0.717) is 12.2 Å². The highest BCUT2D eigenvalue weighted by Crippen LogP contribution is 2.10. The number of nitrogens with zero attached hydrogens (tertiary/aromatic N) is 1. The van der Waals surface area contributed by atoms with Crippen LogP contribution < -0.4 is 10.0 Å². The van der Waals surface area contributed by atoms with Crippen molar-refractivity contribution in [2.75, 3.05) is 7.05 Å². The van der Waals surface area contributed by atoms with E-state index in [1.54, 1.807) is 6.92 Å². The number of H-pyrrole nitrogens is 1. The largest absolute Gasteiger partial charge is 0.358 e. The molecule has 0 spiro atoms. The summed E-state index contributed by atoms with van der Waals surface area (Å²) in [4.78, 5) is 18.2. The van der Waals surface area contributed by atoms with Gasteiger partial charge in [0.05, 0.1) is 6.20 Å². The highest BCUT2D eigenvalue weighted by molar-refractivity contribution is 7.89. The Bertz CT molecular complexity index is 536. The van der Waals surface area contributed by atoms with Gasteiger partial charge < -0.3 is 10.3 Å². The second-order valence-electron chi connectivity index (χ2n) is 4.75. The smallest absolute Gasteiger partial charge is 0.258 e. The number of carbonyl (C=O) groups is 1. The van der Waals surface area contributed by atoms with Crippen LogP contribution in [0.1, 0.15) is 26.1 Å². The van der Waals surface area contributed by atoms with Gasteiger partial charge in [0.2, 0.25) is 5.91 Å². The second kappa shape index (κ2) is 6.16. The molecule has 1 heterocycles. The monoisotopic (exact) mass is 288 g/mol. The van der Waals surface area contributed by atoms with Gasteiger partial charge in [-0.25, -0.2) is 13.4 Å². The molecule has 0 bridgehead atoms. The minimum absolute atomic E-state index is 0.0392. The van der Waals surface area contributed by atoms with E-state index in [1.165, 1.54) is 13.2 Å². The molecule has 3 N–H and O–H groups in total. The summed E-state index contributed by atoms with van der Waals surface area (Å²) in [5.41, 5.74) is 0. The first kappa shape index (κ1) is 15.6. The highest BCUT2D eigenvalue weighted by atomic mass is 32.2. The number of likely N-dealkylation sites (N-methyl/N-ethyl adjacent to an activating group) is 1. The van der Waals surface area contributed by atoms with Crippen LogP contribution in [0, 0.1) is 12.8 Å². The van der Waals surface area contributed by atoms with Crippen LogP contribution in [0.5, 0.6) is 0 Å². The molecular weight excluding hydrogens is 268 g/mol. The number of amides is 1. The molecule has 0 aliphatic heterocycles. The van der Waals surface area contributed by atoms with Gasteiger partial charge in [-0.1, -0.05) is 13.8 Å². The van der Waals surface area contributed by atoms with Gasteiger partial charge in [0.25, 0.3) is 10.0 Å². The lowest BCUT2D eigenvalue weighted by molar-refractivity contribution is -0.122. The first-order valence-electron chi connectivity index (χ1n) is 6.01. The molecule has 8 heteroatoms. The summed E-state index contributed by atoms with van der Waals surface area (Å²) < 4.78 is 26.6. The van der Waals surface area contributed by atoms with Crippen molar-refractivity contribution in [1.29, 1.82) is 0 Å². The maximum Gasteiger partial charge on any atom is 0.258 e. The number of aromatic nitrogens is 2. The predicted octanol–water partition coefficient (Wildman–Crippen LogP) is 0.157. The molecule has 0 aliphatic carbocycles. The molecule has 1 rings (SSSR count). The van der Waals surface area contributed by atoms with Gasteiger partial charge in [-0.05, 0) is 19.3 Å². The number of nitrogens with one attached hydrogen (secondary N) is 3. The Labute approximate surface area is 113 Å². The molecule has 19 heavy (non-hydrogen) atoms. The normalized spacial score (nSPS) is 13.5. The summed E-state index contributed by atoms with van der Waals surface area (Å²) in [6, 6.07) is -0.793. The van der Waals surface area contributed by atoms with Crippen molar-refractivity contribution in [3.05, 3.63) is 12.0 Å². The van der Waals surface area contributed by atoms with E-state index in [2.05, 4.69) is 20.0 Å². The second-order valence-corrected chi connectivity index (χ2v) is 6.43. The van der Waals surface area contributed by atoms with Gasteiger partial charge in [-0.15, -0.1) is 0 Å². The van der Waals surface area contributed by atoms with E-state index in [4.69, 9.17) is 0 Å². The van der Waals surface area contributed by atoms with Gasteiger partial charge in [0, 0.05) is 7.05 Å². The van der Waals surface area contributed by atoms with Gasteiger partial charge >= 0.3 is 0 Å². The maximum atomic E-state index is 12.1. The molecule has 1 atom stereocenters. The molecule has 0 saturated carbocycles. The quantitative estimate of drug-likeness (QED) is 0.693. The summed E-state index contributed by atoms with van der Waals surface area (Å²) in [5, 5.41) is 2.42. The molecule has 1 amide bonds. The average Bonchev–Trinajstić information content (AvgIpc) is 2.74. The van der Waals surface area contributed by atoms with Gasteiger partial charge in [-0.3, -0.25) is 4.79 Å². The third-order valence-corrected chi connectivity index (χ3v) is 3.92. The highest BCUT2D eigenvalue weighted by Gasteiger charge is 2.26. The number of aryl methyl sites for hydroxylation is 1. The molecule has 1 aromatic rings. The van der Waals surface area contributed by atoms with Crippen LogP contribution in [0.4, 0.5) is 0 Å². The molecule has 0 aromatic carbocycles. The Morgan fingerprint density at radius 3 is 2.53 bits per heavy atom. The van der Waals surface area contributed by atoms with Gasteiger partial charge in [0.1, 0.15) is 11.9 Å². The first-order valence-corrected chi connectivity index (χ1v) is 7.50. The van der Waals surface area contributed by atoms with E-state index in [0.717, 1.165) is 0 Å². The van der Waals surface area contributed by atoms with Crippen molar-refractivity contribution in [3.63, 3.8) is 0 Å². The van der Waals surface area contributed by atoms with Gasteiger partial charge in [0.15, 0.2) is 5.03 Å². The van der Waals surface area contributed by atoms with Crippen molar-refractivity contribution in [1.82, 2.24) is 20.0 Å². The van der Waals surface area contributed by atoms with Crippen LogP contribution in [-0.2, 0) is 14.8 Å². The zero-order valence-electron chi connectivity index (χ0n) is 11.5. The third kappa shape index (κ3) is 4.32. The van der Waals surface area contributed by atoms with E-state index < -0.39 is 16.1 Å². The van der Waals surface area contributed by atoms with E-state index in [-0.39, 0.29) is 16.9 Å². The summed E-state index contributed by atoms with van der Waals surface area (Å²) in [6.07, 6.45) is 1.65. The van der Waals surface area contributed by atoms with Crippen LogP contribution in [0.3, 0.4) is 0 Å². The predicted molar refractivity (Wildman–Crippen MR) is 71.0 cm³/mol. The Morgan fingerprint density at radius 1 is 1.47 bits per heavy atom. The number of carbonyl (C=O) groups excluding carboxylic acids is 1. The van der Waals surface area contributed by atoms with Crippen LogP contribution in [0.2, 0.25) is 0 Å². The maximum absolute atomic E-state index is 12.1. The fraction of sp³-hybridized carbons (Fsp3) is 0.636. The molecule has 0 radical (unpaired) electrons. The molecule has 1 aromatic heterocycles. The van der Waals surface area contributed by atoms with Crippen LogP contribution in [0.15, 0.2) is 11.2 Å². The topological polar surface area (TPSA) is 104 Å². The van der Waals surface area contributed by atoms with Crippen LogP contribution in [0.25, 0.3) is 0 Å². The fourth-order valence-corrected chi connectivity index (χ4v) is 2.82. The Hall–Kier alpha value is -1.41. The summed E-state index contributed by atoms with van der Waals surface area (Å²) in [6.45, 7) is 5.50. The van der Waals surface area contributed by atoms with E-state index >= 15 is 0 Å². The molecule has 0 aliphatic rings. The Balaban J connectivity index is 2.92. The lowest BCUT2D eigenvalue weighted by Crippen LogP contribution is -2.46. The Kier molecular flexibility index (Phi) is 5.07. The summed E-state index contributed by atoms with van der Waals surface area (Å²) in [5.74, 6) is 0.336. The molecule has 0 saturated heterocycles. The SMILES string of the molecule is CNC(=O)C(CC(C)C)NS(=O)(=O)c1cnc(C)[nH]1. The lowest BCUT2D eigenvalue weighted by atomic mass is 10.0. The van der Waals surface area contributed by atoms with Crippen molar-refractivity contribution < 1.29 is 13.2 Å². The van der Waals surface area contributed by atoms with E-state index in [9.17, 15) is 13.2 Å². The zero-order valence-corrected chi connectivity index (χ0v) is 12.3. The average molecular weight is 288 g/mol. The third-order valence-electron chi connectivity index (χ3n) is 2.54. The van der Waals surface area contributed by atoms with Crippen molar-refractivity contribution in [2.45, 2.75) is 38.3 Å². The number of imidazole rings is 1. The van der Waals surface area contributed by atoms with E-state index in [1.807, 2.05) is 13.8 Å². The standard InChI is InChI=1S/C11H20N4O3S/c1-7(2)5-9(11(16)12-4)15-19(17,18)10-6-13-8(3)14-10/h6-7,9,15H,5H2,1-4H3,(H,12,16)(H,13,14). The lowest BCUT2D eigenvalue weighted by Gasteiger charge is -2.18. The van der Waals surface area contributed by atoms with Crippen molar-refractivity contribution in [3.8, 4) is 0 Å². The number of sulfonamides is 1. The number of hydrogen-bond donors (Lipinski definition) is 3. The number of rotatable bonds is 6. The van der Waals surface area contributed by atoms with Crippen molar-refractivity contribution in [2.24, 2.45) is 5.92 Å². The minimum Gasteiger partial charge on any atom is -0.358 e. The number of hydrogen-bond acceptors (Lipinski definition) is 4. The summed E-state index contributed by atoms with van der Waals surface area (Å²) >= 11 is 0. The molecule has 108 valence electrons. The van der Waals surface area contributed by atoms with Gasteiger partial charge in [-0.2, -0.15) is 4.72 Å². The fourth-order valence-electron chi connectivity index (χ4n) is 1.64. The van der Waals surface area contributed by atoms with Crippen molar-refractivity contribution >= 4 is 15.9 Å². The number of aromatic amines is 1. The summed E-state index contributed by atoms with van der Waals surface area (Å²) in [7, 11) is -2.29. The molecule has 1 unspecified atom stereocenters. The van der Waals surface area contributed by atoms with Crippen LogP contribution in [-0.4, -0.2) is 37.4 Å². The van der Waals surface area contributed by atoms with Crippen LogP contribution >= 0.6 is 0 Å². The zero-order chi connectivity index (χ0) is 14.6.